The molecule has 2 heterocycles. The molecule has 0 aromatic carbocycles. The zero-order valence-corrected chi connectivity index (χ0v) is 8.95. The van der Waals surface area contributed by atoms with E-state index >= 15 is 0 Å². The van der Waals surface area contributed by atoms with Crippen LogP contribution in [-0.2, 0) is 4.74 Å². The highest BCUT2D eigenvalue weighted by molar-refractivity contribution is 5.26. The Balaban J connectivity index is 2.42. The molecule has 1 aromatic rings. The molecule has 1 aliphatic rings. The van der Waals surface area contributed by atoms with Gasteiger partial charge in [0.15, 0.2) is 17.9 Å². The summed E-state index contributed by atoms with van der Waals surface area (Å²) >= 11 is 0. The van der Waals surface area contributed by atoms with Crippen molar-refractivity contribution >= 4 is 5.82 Å². The molecule has 7 nitrogen and oxygen atoms in total. The molecule has 0 saturated carbocycles. The number of nitrogens with zero attached hydrogens (tertiary/aromatic N) is 2. The molecule has 0 unspecified atom stereocenters. The van der Waals surface area contributed by atoms with Crippen LogP contribution in [0.1, 0.15) is 13.2 Å². The number of rotatable bonds is 1. The molecule has 1 aliphatic heterocycles. The maximum atomic E-state index is 13.2. The molecule has 4 atom stereocenters. The highest BCUT2D eigenvalue weighted by atomic mass is 19.1. The first-order valence-electron chi connectivity index (χ1n) is 4.97. The van der Waals surface area contributed by atoms with E-state index in [1.807, 2.05) is 0 Å². The van der Waals surface area contributed by atoms with Gasteiger partial charge in [0, 0.05) is 0 Å². The first-order chi connectivity index (χ1) is 7.91. The van der Waals surface area contributed by atoms with Gasteiger partial charge >= 0.3 is 5.69 Å². The Hall–Kier alpha value is -1.51. The van der Waals surface area contributed by atoms with Gasteiger partial charge < -0.3 is 20.7 Å². The molecule has 8 heteroatoms. The van der Waals surface area contributed by atoms with Crippen LogP contribution in [0.4, 0.5) is 10.2 Å². The molecule has 1 saturated heterocycles. The summed E-state index contributed by atoms with van der Waals surface area (Å²) in [4.78, 5) is 14.7. The van der Waals surface area contributed by atoms with Crippen molar-refractivity contribution in [1.29, 1.82) is 0 Å². The molecule has 0 spiro atoms. The lowest BCUT2D eigenvalue weighted by Gasteiger charge is -2.17. The Bertz CT molecular complexity index is 492. The first kappa shape index (κ1) is 12.0. The van der Waals surface area contributed by atoms with Crippen LogP contribution in [0.3, 0.4) is 0 Å². The molecule has 0 aliphatic carbocycles. The Morgan fingerprint density at radius 3 is 2.71 bits per heavy atom. The third kappa shape index (κ3) is 1.90. The van der Waals surface area contributed by atoms with Gasteiger partial charge in [-0.3, -0.25) is 4.57 Å². The van der Waals surface area contributed by atoms with E-state index in [2.05, 4.69) is 4.98 Å². The fraction of sp³-hybridized carbons (Fsp3) is 0.556. The third-order valence-electron chi connectivity index (χ3n) is 2.69. The number of nitrogens with two attached hydrogens (primary N) is 1. The van der Waals surface area contributed by atoms with Crippen molar-refractivity contribution in [1.82, 2.24) is 9.55 Å². The lowest BCUT2D eigenvalue weighted by atomic mass is 10.1. The summed E-state index contributed by atoms with van der Waals surface area (Å²) in [5.41, 5.74) is 4.27. The largest absolute Gasteiger partial charge is 0.388 e. The molecule has 4 N–H and O–H groups in total. The van der Waals surface area contributed by atoms with E-state index < -0.39 is 41.9 Å². The number of anilines is 1. The summed E-state index contributed by atoms with van der Waals surface area (Å²) in [5.74, 6) is -1.42. The minimum atomic E-state index is -1.33. The molecule has 0 bridgehead atoms. The zero-order valence-electron chi connectivity index (χ0n) is 8.95. The average molecular weight is 245 g/mol. The van der Waals surface area contributed by atoms with Crippen LogP contribution in [0.25, 0.3) is 0 Å². The Morgan fingerprint density at radius 1 is 1.53 bits per heavy atom. The van der Waals surface area contributed by atoms with Gasteiger partial charge in [0.05, 0.1) is 12.3 Å². The van der Waals surface area contributed by atoms with Crippen LogP contribution in [-0.4, -0.2) is 38.1 Å². The molecule has 1 aromatic heterocycles. The average Bonchev–Trinajstić information content (AvgIpc) is 2.51. The van der Waals surface area contributed by atoms with Crippen LogP contribution >= 0.6 is 0 Å². The van der Waals surface area contributed by atoms with Gasteiger partial charge in [0.2, 0.25) is 0 Å². The molecule has 0 radical (unpaired) electrons. The summed E-state index contributed by atoms with van der Waals surface area (Å²) in [6.07, 6.45) is -3.51. The highest BCUT2D eigenvalue weighted by Gasteiger charge is 2.41. The maximum Gasteiger partial charge on any atom is 0.351 e. The predicted octanol–water partition coefficient (Wildman–Crippen LogP) is -1.40. The molecule has 94 valence electrons. The normalized spacial score (nSPS) is 32.9. The van der Waals surface area contributed by atoms with Crippen LogP contribution in [0.2, 0.25) is 0 Å². The number of hydrogen-bond acceptors (Lipinski definition) is 6. The standard InChI is InChI=1S/C9H12FN3O4/c1-3-5(14)6(15)8(17-3)13-2-4(10)7(11)12-9(13)16/h2-3,5-6,8,14-15H,1H3,(H2,11,12,16)/t3-,5-,6-,8-/m0/s1. The van der Waals surface area contributed by atoms with E-state index in [0.29, 0.717) is 0 Å². The van der Waals surface area contributed by atoms with Crippen molar-refractivity contribution in [3.8, 4) is 0 Å². The first-order valence-corrected chi connectivity index (χ1v) is 4.97. The van der Waals surface area contributed by atoms with Gasteiger partial charge in [-0.25, -0.2) is 9.18 Å². The minimum Gasteiger partial charge on any atom is -0.388 e. The Kier molecular flexibility index (Phi) is 2.86. The number of halogens is 1. The van der Waals surface area contributed by atoms with Gasteiger partial charge in [-0.05, 0) is 6.92 Å². The highest BCUT2D eigenvalue weighted by Crippen LogP contribution is 2.28. The molecular formula is C9H12FN3O4. The number of nitrogen functional groups attached to an aromatic ring is 1. The summed E-state index contributed by atoms with van der Waals surface area (Å²) in [6, 6.07) is 0. The number of ether oxygens (including phenoxy) is 1. The van der Waals surface area contributed by atoms with E-state index in [0.717, 1.165) is 10.8 Å². The zero-order chi connectivity index (χ0) is 12.7. The number of aliphatic hydroxyl groups is 2. The fourth-order valence-electron chi connectivity index (χ4n) is 1.70. The van der Waals surface area contributed by atoms with Crippen molar-refractivity contribution in [2.24, 2.45) is 0 Å². The van der Waals surface area contributed by atoms with Gasteiger partial charge in [0.1, 0.15) is 12.2 Å². The van der Waals surface area contributed by atoms with Crippen molar-refractivity contribution in [3.63, 3.8) is 0 Å². The molecule has 2 rings (SSSR count). The van der Waals surface area contributed by atoms with Gasteiger partial charge in [-0.1, -0.05) is 0 Å². The monoisotopic (exact) mass is 245 g/mol. The molecule has 1 fully saturated rings. The van der Waals surface area contributed by atoms with E-state index in [4.69, 9.17) is 10.5 Å². The van der Waals surface area contributed by atoms with E-state index in [-0.39, 0.29) is 0 Å². The van der Waals surface area contributed by atoms with Gasteiger partial charge in [-0.2, -0.15) is 4.98 Å². The SMILES string of the molecule is C[C@@H]1O[C@H](n2cc(F)c(N)nc2=O)[C@@H](O)[C@H]1O. The van der Waals surface area contributed by atoms with E-state index in [1.165, 1.54) is 6.92 Å². The number of hydrogen-bond donors (Lipinski definition) is 3. The van der Waals surface area contributed by atoms with E-state index in [9.17, 15) is 19.4 Å². The summed E-state index contributed by atoms with van der Waals surface area (Å²) in [7, 11) is 0. The smallest absolute Gasteiger partial charge is 0.351 e. The van der Waals surface area contributed by atoms with Crippen molar-refractivity contribution in [3.05, 3.63) is 22.5 Å². The van der Waals surface area contributed by atoms with Crippen molar-refractivity contribution in [2.75, 3.05) is 5.73 Å². The topological polar surface area (TPSA) is 111 Å². The minimum absolute atomic E-state index is 0.521. The molecule has 0 amide bonds. The molecular weight excluding hydrogens is 233 g/mol. The Labute approximate surface area is 95.3 Å². The lowest BCUT2D eigenvalue weighted by molar-refractivity contribution is -0.0355. The summed E-state index contributed by atoms with van der Waals surface area (Å²) in [5, 5.41) is 19.1. The second-order valence-electron chi connectivity index (χ2n) is 3.88. The van der Waals surface area contributed by atoms with Crippen LogP contribution < -0.4 is 11.4 Å². The van der Waals surface area contributed by atoms with Crippen LogP contribution in [0.15, 0.2) is 11.0 Å². The number of aromatic nitrogens is 2. The van der Waals surface area contributed by atoms with Crippen LogP contribution in [0.5, 0.6) is 0 Å². The third-order valence-corrected chi connectivity index (χ3v) is 2.69. The second-order valence-corrected chi connectivity index (χ2v) is 3.88. The fourth-order valence-corrected chi connectivity index (χ4v) is 1.70. The van der Waals surface area contributed by atoms with Gasteiger partial charge in [-0.15, -0.1) is 0 Å². The predicted molar refractivity (Wildman–Crippen MR) is 54.5 cm³/mol. The maximum absolute atomic E-state index is 13.2. The second kappa shape index (κ2) is 4.06. The number of aliphatic hydroxyl groups excluding tert-OH is 2. The Morgan fingerprint density at radius 2 is 2.18 bits per heavy atom. The summed E-state index contributed by atoms with van der Waals surface area (Å²) in [6.45, 7) is 1.53. The van der Waals surface area contributed by atoms with Gasteiger partial charge in [0.25, 0.3) is 0 Å². The van der Waals surface area contributed by atoms with Crippen molar-refractivity contribution < 1.29 is 19.3 Å². The lowest BCUT2D eigenvalue weighted by Crippen LogP contribution is -2.35. The van der Waals surface area contributed by atoms with Crippen molar-refractivity contribution in [2.45, 2.75) is 31.5 Å². The van der Waals surface area contributed by atoms with Crippen LogP contribution in [0, 0.1) is 5.82 Å². The quantitative estimate of drug-likeness (QED) is 0.561. The molecule has 17 heavy (non-hydrogen) atoms. The van der Waals surface area contributed by atoms with E-state index in [1.54, 1.807) is 0 Å². The summed E-state index contributed by atoms with van der Waals surface area (Å²) < 4.78 is 19.1.